The standard InChI is InChI=1S/C16H22N2O/c1-4-5-9-16(19,15-10-17-11-18-15)14-8-6-7-12(2)13(14)3/h6-8,10-11,19H,4-5,9H2,1-3H3,(H,17,18). The predicted molar refractivity (Wildman–Crippen MR) is 77.0 cm³/mol. The van der Waals surface area contributed by atoms with E-state index in [4.69, 9.17) is 0 Å². The first-order chi connectivity index (χ1) is 9.09. The van der Waals surface area contributed by atoms with Crippen molar-refractivity contribution >= 4 is 0 Å². The number of aromatic nitrogens is 2. The summed E-state index contributed by atoms with van der Waals surface area (Å²) < 4.78 is 0. The summed E-state index contributed by atoms with van der Waals surface area (Å²) in [7, 11) is 0. The molecule has 0 aliphatic heterocycles. The monoisotopic (exact) mass is 258 g/mol. The fraction of sp³-hybridized carbons (Fsp3) is 0.438. The van der Waals surface area contributed by atoms with Crippen LogP contribution in [-0.4, -0.2) is 15.1 Å². The molecule has 0 amide bonds. The fourth-order valence-electron chi connectivity index (χ4n) is 2.52. The normalized spacial score (nSPS) is 14.3. The molecule has 3 nitrogen and oxygen atoms in total. The van der Waals surface area contributed by atoms with Gasteiger partial charge in [-0.3, -0.25) is 0 Å². The molecule has 1 aromatic carbocycles. The third kappa shape index (κ3) is 2.56. The zero-order valence-corrected chi connectivity index (χ0v) is 11.9. The van der Waals surface area contributed by atoms with Crippen LogP contribution in [0, 0.1) is 13.8 Å². The van der Waals surface area contributed by atoms with Crippen molar-refractivity contribution in [1.82, 2.24) is 9.97 Å². The molecule has 0 saturated heterocycles. The third-order valence-corrected chi connectivity index (χ3v) is 3.86. The van der Waals surface area contributed by atoms with Crippen molar-refractivity contribution in [3.8, 4) is 0 Å². The second kappa shape index (κ2) is 5.57. The van der Waals surface area contributed by atoms with Crippen LogP contribution < -0.4 is 0 Å². The lowest BCUT2D eigenvalue weighted by atomic mass is 9.82. The zero-order chi connectivity index (χ0) is 13.9. The highest BCUT2D eigenvalue weighted by atomic mass is 16.3. The van der Waals surface area contributed by atoms with Crippen LogP contribution in [0.4, 0.5) is 0 Å². The Hall–Kier alpha value is -1.61. The molecule has 1 unspecified atom stereocenters. The van der Waals surface area contributed by atoms with Gasteiger partial charge >= 0.3 is 0 Å². The number of aryl methyl sites for hydroxylation is 1. The number of unbranched alkanes of at least 4 members (excludes halogenated alkanes) is 1. The van der Waals surface area contributed by atoms with Gasteiger partial charge in [0.25, 0.3) is 0 Å². The molecular weight excluding hydrogens is 236 g/mol. The van der Waals surface area contributed by atoms with E-state index in [0.717, 1.165) is 24.0 Å². The summed E-state index contributed by atoms with van der Waals surface area (Å²) in [6.45, 7) is 6.27. The topological polar surface area (TPSA) is 48.9 Å². The van der Waals surface area contributed by atoms with Gasteiger partial charge in [-0.1, -0.05) is 38.0 Å². The summed E-state index contributed by atoms with van der Waals surface area (Å²) in [4.78, 5) is 7.23. The van der Waals surface area contributed by atoms with Gasteiger partial charge in [-0.2, -0.15) is 0 Å². The molecule has 0 bridgehead atoms. The van der Waals surface area contributed by atoms with Crippen LogP contribution in [0.2, 0.25) is 0 Å². The number of H-pyrrole nitrogens is 1. The highest BCUT2D eigenvalue weighted by Crippen LogP contribution is 2.35. The van der Waals surface area contributed by atoms with Crippen molar-refractivity contribution in [3.05, 3.63) is 53.1 Å². The maximum Gasteiger partial charge on any atom is 0.133 e. The molecule has 1 heterocycles. The van der Waals surface area contributed by atoms with Crippen molar-refractivity contribution in [3.63, 3.8) is 0 Å². The number of benzene rings is 1. The quantitative estimate of drug-likeness (QED) is 0.863. The van der Waals surface area contributed by atoms with E-state index in [2.05, 4.69) is 36.8 Å². The molecule has 0 fully saturated rings. The van der Waals surface area contributed by atoms with Crippen molar-refractivity contribution in [1.29, 1.82) is 0 Å². The Morgan fingerprint density at radius 1 is 1.32 bits per heavy atom. The number of imidazole rings is 1. The van der Waals surface area contributed by atoms with Crippen LogP contribution in [0.3, 0.4) is 0 Å². The van der Waals surface area contributed by atoms with Crippen molar-refractivity contribution < 1.29 is 5.11 Å². The first kappa shape index (κ1) is 13.8. The smallest absolute Gasteiger partial charge is 0.133 e. The Bertz CT molecular complexity index is 534. The van der Waals surface area contributed by atoms with Gasteiger partial charge in [0, 0.05) is 6.20 Å². The molecule has 0 aliphatic rings. The van der Waals surface area contributed by atoms with Gasteiger partial charge in [0.2, 0.25) is 0 Å². The minimum Gasteiger partial charge on any atom is -0.379 e. The highest BCUT2D eigenvalue weighted by Gasteiger charge is 2.34. The van der Waals surface area contributed by atoms with Crippen molar-refractivity contribution in [2.75, 3.05) is 0 Å². The molecule has 2 N–H and O–H groups in total. The molecular formula is C16H22N2O. The van der Waals surface area contributed by atoms with E-state index in [1.807, 2.05) is 12.1 Å². The minimum atomic E-state index is -0.994. The molecule has 0 radical (unpaired) electrons. The van der Waals surface area contributed by atoms with Gasteiger partial charge in [-0.05, 0) is 37.0 Å². The number of hydrogen-bond acceptors (Lipinski definition) is 2. The zero-order valence-electron chi connectivity index (χ0n) is 11.9. The second-order valence-corrected chi connectivity index (χ2v) is 5.17. The van der Waals surface area contributed by atoms with Crippen LogP contribution in [0.25, 0.3) is 0 Å². The predicted octanol–water partition coefficient (Wildman–Crippen LogP) is 3.45. The summed E-state index contributed by atoms with van der Waals surface area (Å²) in [6.07, 6.45) is 6.13. The molecule has 1 atom stereocenters. The molecule has 3 heteroatoms. The van der Waals surface area contributed by atoms with Crippen molar-refractivity contribution in [2.45, 2.75) is 45.6 Å². The summed E-state index contributed by atoms with van der Waals surface area (Å²) in [5, 5.41) is 11.2. The number of nitrogens with zero attached hydrogens (tertiary/aromatic N) is 1. The summed E-state index contributed by atoms with van der Waals surface area (Å²) in [5.41, 5.74) is 3.02. The van der Waals surface area contributed by atoms with Gasteiger partial charge < -0.3 is 10.1 Å². The van der Waals surface area contributed by atoms with E-state index in [0.29, 0.717) is 12.1 Å². The largest absolute Gasteiger partial charge is 0.379 e. The molecule has 102 valence electrons. The van der Waals surface area contributed by atoms with E-state index >= 15 is 0 Å². The Morgan fingerprint density at radius 3 is 2.74 bits per heavy atom. The van der Waals surface area contributed by atoms with Crippen LogP contribution in [-0.2, 0) is 5.60 Å². The first-order valence-corrected chi connectivity index (χ1v) is 6.88. The molecule has 0 spiro atoms. The van der Waals surface area contributed by atoms with Gasteiger partial charge in [0.1, 0.15) is 5.60 Å². The average molecular weight is 258 g/mol. The molecule has 2 rings (SSSR count). The van der Waals surface area contributed by atoms with Crippen LogP contribution >= 0.6 is 0 Å². The third-order valence-electron chi connectivity index (χ3n) is 3.86. The van der Waals surface area contributed by atoms with E-state index in [1.54, 1.807) is 12.5 Å². The summed E-state index contributed by atoms with van der Waals surface area (Å²) in [5.74, 6) is 0. The number of nitrogens with one attached hydrogen (secondary N) is 1. The minimum absolute atomic E-state index is 0.693. The molecule has 1 aromatic heterocycles. The van der Waals surface area contributed by atoms with E-state index in [9.17, 15) is 5.11 Å². The van der Waals surface area contributed by atoms with Gasteiger partial charge in [0.15, 0.2) is 0 Å². The number of rotatable bonds is 5. The van der Waals surface area contributed by atoms with Crippen molar-refractivity contribution in [2.24, 2.45) is 0 Å². The van der Waals surface area contributed by atoms with Crippen LogP contribution in [0.15, 0.2) is 30.7 Å². The van der Waals surface area contributed by atoms with Gasteiger partial charge in [-0.15, -0.1) is 0 Å². The SMILES string of the molecule is CCCCC(O)(c1c[nH]cn1)c1cccc(C)c1C. The molecule has 0 aliphatic carbocycles. The van der Waals surface area contributed by atoms with E-state index in [1.165, 1.54) is 5.56 Å². The van der Waals surface area contributed by atoms with E-state index in [-0.39, 0.29) is 0 Å². The molecule has 19 heavy (non-hydrogen) atoms. The summed E-state index contributed by atoms with van der Waals surface area (Å²) >= 11 is 0. The Kier molecular flexibility index (Phi) is 4.05. The lowest BCUT2D eigenvalue weighted by Gasteiger charge is -2.29. The van der Waals surface area contributed by atoms with Crippen LogP contribution in [0.5, 0.6) is 0 Å². The lowest BCUT2D eigenvalue weighted by molar-refractivity contribution is 0.0637. The number of aromatic amines is 1. The maximum atomic E-state index is 11.2. The average Bonchev–Trinajstić information content (AvgIpc) is 2.94. The van der Waals surface area contributed by atoms with Gasteiger partial charge in [-0.25, -0.2) is 4.98 Å². The Balaban J connectivity index is 2.51. The number of hydrogen-bond donors (Lipinski definition) is 2. The van der Waals surface area contributed by atoms with Crippen LogP contribution in [0.1, 0.15) is 48.6 Å². The second-order valence-electron chi connectivity index (χ2n) is 5.17. The lowest BCUT2D eigenvalue weighted by Crippen LogP contribution is -2.29. The molecule has 0 saturated carbocycles. The number of aliphatic hydroxyl groups is 1. The summed E-state index contributed by atoms with van der Waals surface area (Å²) in [6, 6.07) is 6.08. The Labute approximate surface area is 114 Å². The molecule has 2 aromatic rings. The maximum absolute atomic E-state index is 11.2. The van der Waals surface area contributed by atoms with Gasteiger partial charge in [0.05, 0.1) is 12.0 Å². The van der Waals surface area contributed by atoms with E-state index < -0.39 is 5.60 Å². The Morgan fingerprint density at radius 2 is 2.11 bits per heavy atom. The highest BCUT2D eigenvalue weighted by molar-refractivity contribution is 5.41. The first-order valence-electron chi connectivity index (χ1n) is 6.88. The fourth-order valence-corrected chi connectivity index (χ4v) is 2.52.